The fourth-order valence-electron chi connectivity index (χ4n) is 6.34. The minimum atomic E-state index is -3.09. The van der Waals surface area contributed by atoms with Crippen molar-refractivity contribution in [1.29, 1.82) is 0 Å². The van der Waals surface area contributed by atoms with Gasteiger partial charge in [-0.25, -0.2) is 4.79 Å². The number of likely N-dealkylation sites (tertiary alicyclic amines) is 1. The number of Topliss-reactive ketones (excluding diaryl/α,β-unsaturated/α-hetero) is 3. The van der Waals surface area contributed by atoms with Gasteiger partial charge in [-0.15, -0.1) is 0 Å². The molecule has 0 aromatic heterocycles. The lowest BCUT2D eigenvalue weighted by molar-refractivity contribution is -0.384. The van der Waals surface area contributed by atoms with E-state index in [-0.39, 0.29) is 50.2 Å². The molecule has 1 fully saturated rings. The number of carbonyl (C=O) groups is 7. The van der Waals surface area contributed by atoms with Crippen LogP contribution in [0.3, 0.4) is 0 Å². The number of nitrogens with two attached hydrogens (primary N) is 2. The molecular formula is C36H46N6O12. The van der Waals surface area contributed by atoms with Gasteiger partial charge in [-0.2, -0.15) is 0 Å². The van der Waals surface area contributed by atoms with Crippen LogP contribution in [0.15, 0.2) is 54.6 Å². The van der Waals surface area contributed by atoms with Crippen molar-refractivity contribution in [3.63, 3.8) is 0 Å². The van der Waals surface area contributed by atoms with E-state index in [9.17, 15) is 44.0 Å². The van der Waals surface area contributed by atoms with Crippen molar-refractivity contribution in [2.45, 2.75) is 88.7 Å². The summed E-state index contributed by atoms with van der Waals surface area (Å²) in [7, 11) is 1.11. The zero-order valence-electron chi connectivity index (χ0n) is 30.5. The second kappa shape index (κ2) is 18.9. The Morgan fingerprint density at radius 1 is 1.02 bits per heavy atom. The molecule has 3 rings (SSSR count). The highest BCUT2D eigenvalue weighted by molar-refractivity contribution is 6.34. The number of ketones is 3. The van der Waals surface area contributed by atoms with E-state index in [0.717, 1.165) is 36.3 Å². The van der Waals surface area contributed by atoms with E-state index in [1.165, 1.54) is 20.8 Å². The van der Waals surface area contributed by atoms with E-state index < -0.39 is 88.4 Å². The van der Waals surface area contributed by atoms with Gasteiger partial charge in [0.2, 0.25) is 5.54 Å². The van der Waals surface area contributed by atoms with Crippen LogP contribution in [0.4, 0.5) is 10.5 Å². The highest BCUT2D eigenvalue weighted by atomic mass is 16.6. The number of nitrogens with zero attached hydrogens (tertiary/aromatic N) is 3. The van der Waals surface area contributed by atoms with E-state index in [4.69, 9.17) is 20.9 Å². The molecule has 5 atom stereocenters. The third kappa shape index (κ3) is 9.68. The van der Waals surface area contributed by atoms with Gasteiger partial charge in [0.05, 0.1) is 29.5 Å². The predicted octanol–water partition coefficient (Wildman–Crippen LogP) is 1.62. The summed E-state index contributed by atoms with van der Waals surface area (Å²) in [5.41, 5.74) is 9.53. The SMILES string of the molecule is COC(CC(=O)O)C(=O)N1CCC[C@H]1C(=O)C(C(=O)[C@H](C)N)(C(=O)[C@@H](N)CCCNC(=O)c1ccccc1)N(C(=O)Oc1ccc([N+](=O)[O-])cc1)C(C)C. The van der Waals surface area contributed by atoms with E-state index in [1.807, 2.05) is 0 Å². The van der Waals surface area contributed by atoms with Gasteiger partial charge in [-0.3, -0.25) is 43.8 Å². The Kier molecular flexibility index (Phi) is 15.0. The number of hydrogen-bond acceptors (Lipinski definition) is 13. The Bertz CT molecular complexity index is 1720. The third-order valence-electron chi connectivity index (χ3n) is 8.92. The minimum absolute atomic E-state index is 0.0415. The van der Waals surface area contributed by atoms with Gasteiger partial charge in [-0.05, 0) is 70.7 Å². The molecule has 0 spiro atoms. The Balaban J connectivity index is 2.12. The fraction of sp³-hybridized carbons (Fsp3) is 0.472. The van der Waals surface area contributed by atoms with Crippen LogP contribution in [0.1, 0.15) is 63.2 Å². The van der Waals surface area contributed by atoms with Gasteiger partial charge < -0.3 is 36.3 Å². The summed E-state index contributed by atoms with van der Waals surface area (Å²) in [5, 5.41) is 23.3. The maximum atomic E-state index is 15.1. The normalized spacial score (nSPS) is 16.7. The molecule has 0 aliphatic carbocycles. The van der Waals surface area contributed by atoms with Gasteiger partial charge in [0.1, 0.15) is 11.9 Å². The highest BCUT2D eigenvalue weighted by Gasteiger charge is 2.64. The third-order valence-corrected chi connectivity index (χ3v) is 8.92. The summed E-state index contributed by atoms with van der Waals surface area (Å²) in [6.45, 7) is 3.97. The van der Waals surface area contributed by atoms with Gasteiger partial charge >= 0.3 is 12.1 Å². The quantitative estimate of drug-likeness (QED) is 0.0687. The maximum Gasteiger partial charge on any atom is 0.417 e. The first-order valence-corrected chi connectivity index (χ1v) is 17.3. The Labute approximate surface area is 311 Å². The van der Waals surface area contributed by atoms with Crippen LogP contribution >= 0.6 is 0 Å². The summed E-state index contributed by atoms with van der Waals surface area (Å²) in [6.07, 6.45) is -3.63. The number of carboxylic acids is 1. The predicted molar refractivity (Wildman–Crippen MR) is 191 cm³/mol. The average molecular weight is 755 g/mol. The highest BCUT2D eigenvalue weighted by Crippen LogP contribution is 2.34. The van der Waals surface area contributed by atoms with Crippen LogP contribution in [0.2, 0.25) is 0 Å². The van der Waals surface area contributed by atoms with Crippen molar-refractivity contribution in [1.82, 2.24) is 15.1 Å². The first kappa shape index (κ1) is 42.8. The van der Waals surface area contributed by atoms with Crippen LogP contribution in [-0.4, -0.2) is 117 Å². The number of hydrogen-bond donors (Lipinski definition) is 4. The fourth-order valence-corrected chi connectivity index (χ4v) is 6.34. The molecule has 1 saturated heterocycles. The van der Waals surface area contributed by atoms with Crippen LogP contribution in [0, 0.1) is 10.1 Å². The van der Waals surface area contributed by atoms with E-state index in [0.29, 0.717) is 10.5 Å². The molecular weight excluding hydrogens is 708 g/mol. The zero-order valence-corrected chi connectivity index (χ0v) is 30.5. The number of methoxy groups -OCH3 is 1. The number of carbonyl (C=O) groups excluding carboxylic acids is 6. The zero-order chi connectivity index (χ0) is 40.3. The molecule has 6 N–H and O–H groups in total. The number of benzene rings is 2. The molecule has 18 nitrogen and oxygen atoms in total. The Morgan fingerprint density at radius 3 is 2.19 bits per heavy atom. The molecule has 2 aromatic carbocycles. The van der Waals surface area contributed by atoms with Crippen LogP contribution < -0.4 is 21.5 Å². The molecule has 3 amide bonds. The molecule has 0 radical (unpaired) electrons. The molecule has 2 unspecified atom stereocenters. The lowest BCUT2D eigenvalue weighted by Crippen LogP contribution is -2.76. The Morgan fingerprint density at radius 2 is 1.65 bits per heavy atom. The lowest BCUT2D eigenvalue weighted by atomic mass is 9.73. The standard InChI is InChI=1S/C36H46N6O12/c1-21(2)41(35(50)54-25-16-14-24(15-17-25)42(51)52)36(30(45)22(3)37,31(46)26(38)12-8-18-39-33(48)23-10-6-5-7-11-23)32(47)27-13-9-19-40(27)34(49)28(53-4)20-29(43)44/h5-7,10-11,14-17,21-22,26-28H,8-9,12-13,18-20,37-38H2,1-4H3,(H,39,48)(H,43,44)/t22-,26-,27-,28?,36?/m0/s1. The summed E-state index contributed by atoms with van der Waals surface area (Å²) >= 11 is 0. The van der Waals surface area contributed by atoms with Crippen LogP contribution in [0.25, 0.3) is 0 Å². The summed E-state index contributed by atoms with van der Waals surface area (Å²) < 4.78 is 10.6. The smallest absolute Gasteiger partial charge is 0.417 e. The number of nitro groups is 1. The van der Waals surface area contributed by atoms with E-state index in [1.54, 1.807) is 30.3 Å². The largest absolute Gasteiger partial charge is 0.481 e. The molecule has 1 heterocycles. The van der Waals surface area contributed by atoms with Crippen LogP contribution in [0.5, 0.6) is 5.75 Å². The summed E-state index contributed by atoms with van der Waals surface area (Å²) in [4.78, 5) is 108. The number of nitrogens with one attached hydrogen (secondary N) is 1. The first-order valence-electron chi connectivity index (χ1n) is 17.3. The topological polar surface area (TPSA) is 272 Å². The maximum absolute atomic E-state index is 15.1. The number of ether oxygens (including phenoxy) is 2. The monoisotopic (exact) mass is 754 g/mol. The van der Waals surface area contributed by atoms with Crippen molar-refractivity contribution in [3.8, 4) is 5.75 Å². The molecule has 1 aliphatic rings. The number of rotatable bonds is 19. The second-order valence-corrected chi connectivity index (χ2v) is 13.1. The number of nitro benzene ring substituents is 1. The van der Waals surface area contributed by atoms with Crippen LogP contribution in [-0.2, 0) is 28.7 Å². The van der Waals surface area contributed by atoms with E-state index >= 15 is 4.79 Å². The van der Waals surface area contributed by atoms with Crippen molar-refractivity contribution >= 4 is 46.9 Å². The van der Waals surface area contributed by atoms with Crippen molar-refractivity contribution in [2.24, 2.45) is 11.5 Å². The number of aliphatic carboxylic acids is 1. The molecule has 54 heavy (non-hydrogen) atoms. The molecule has 2 aromatic rings. The van der Waals surface area contributed by atoms with Gasteiger partial charge in [-0.1, -0.05) is 18.2 Å². The molecule has 292 valence electrons. The molecule has 0 saturated carbocycles. The second-order valence-electron chi connectivity index (χ2n) is 13.1. The van der Waals surface area contributed by atoms with Crippen molar-refractivity contribution < 1.29 is 53.1 Å². The van der Waals surface area contributed by atoms with Crippen molar-refractivity contribution in [3.05, 3.63) is 70.3 Å². The lowest BCUT2D eigenvalue weighted by Gasteiger charge is -2.45. The van der Waals surface area contributed by atoms with Gasteiger partial charge in [0, 0.05) is 43.9 Å². The number of non-ortho nitro benzene ring substituents is 1. The first-order chi connectivity index (χ1) is 25.5. The average Bonchev–Trinajstić information content (AvgIpc) is 3.63. The van der Waals surface area contributed by atoms with Gasteiger partial charge in [0.25, 0.3) is 17.5 Å². The Hall–Kier alpha value is -5.59. The minimum Gasteiger partial charge on any atom is -0.481 e. The summed E-state index contributed by atoms with van der Waals surface area (Å²) in [6, 6.07) is 6.78. The van der Waals surface area contributed by atoms with E-state index in [2.05, 4.69) is 5.32 Å². The molecule has 0 bridgehead atoms. The molecule has 18 heteroatoms. The summed E-state index contributed by atoms with van der Waals surface area (Å²) in [5.74, 6) is -6.55. The molecule has 1 aliphatic heterocycles. The van der Waals surface area contributed by atoms with Gasteiger partial charge in [0.15, 0.2) is 17.3 Å². The number of carboxylic acid groups (broad SMARTS) is 1. The van der Waals surface area contributed by atoms with Crippen molar-refractivity contribution in [2.75, 3.05) is 20.2 Å². The number of amides is 3.